The van der Waals surface area contributed by atoms with Gasteiger partial charge in [-0.15, -0.1) is 0 Å². The fourth-order valence-corrected chi connectivity index (χ4v) is 1.95. The van der Waals surface area contributed by atoms with Crippen LogP contribution in [0.2, 0.25) is 0 Å². The number of nitrogens with zero attached hydrogens (tertiary/aromatic N) is 2. The zero-order valence-corrected chi connectivity index (χ0v) is 11.2. The number of rotatable bonds is 5. The lowest BCUT2D eigenvalue weighted by molar-refractivity contribution is -0.140. The number of amides is 1. The molecule has 0 fully saturated rings. The minimum Gasteiger partial charge on any atom is -0.480 e. The summed E-state index contributed by atoms with van der Waals surface area (Å²) in [5, 5.41) is 16.2. The number of aromatic nitrogens is 2. The lowest BCUT2D eigenvalue weighted by Gasteiger charge is -2.12. The molecule has 0 bridgehead atoms. The van der Waals surface area contributed by atoms with Crippen LogP contribution in [0.15, 0.2) is 24.3 Å². The van der Waals surface area contributed by atoms with Crippen LogP contribution in [-0.2, 0) is 16.6 Å². The van der Waals surface area contributed by atoms with Gasteiger partial charge in [0.1, 0.15) is 0 Å². The summed E-state index contributed by atoms with van der Waals surface area (Å²) in [6.45, 7) is -0.105. The van der Waals surface area contributed by atoms with Gasteiger partial charge in [-0.2, -0.15) is 5.10 Å². The van der Waals surface area contributed by atoms with Crippen LogP contribution in [0.3, 0.4) is 0 Å². The lowest BCUT2D eigenvalue weighted by Crippen LogP contribution is -2.44. The Bertz CT molecular complexity index is 650. The maximum Gasteiger partial charge on any atom is 0.328 e. The molecule has 1 atom stereocenters. The minimum atomic E-state index is -1.15. The van der Waals surface area contributed by atoms with Gasteiger partial charge in [-0.1, -0.05) is 18.2 Å². The van der Waals surface area contributed by atoms with Gasteiger partial charge in [-0.25, -0.2) is 4.79 Å². The molecule has 20 heavy (non-hydrogen) atoms. The molecular formula is C13H15N3O4. The topological polar surface area (TPSA) is 93.5 Å². The average molecular weight is 277 g/mol. The summed E-state index contributed by atoms with van der Waals surface area (Å²) in [6, 6.07) is 6.14. The SMILES string of the molecule is COCC(NC(=O)c1nn(C)c2ccccc12)C(=O)O. The molecule has 1 heterocycles. The number of para-hydroxylation sites is 1. The molecule has 0 saturated carbocycles. The van der Waals surface area contributed by atoms with Crippen molar-refractivity contribution in [1.29, 1.82) is 0 Å². The number of aliphatic carboxylic acids is 1. The Morgan fingerprint density at radius 2 is 2.15 bits per heavy atom. The van der Waals surface area contributed by atoms with Gasteiger partial charge in [0, 0.05) is 19.5 Å². The van der Waals surface area contributed by atoms with Crippen molar-refractivity contribution in [3.05, 3.63) is 30.0 Å². The van der Waals surface area contributed by atoms with Crippen molar-refractivity contribution in [3.8, 4) is 0 Å². The summed E-state index contributed by atoms with van der Waals surface area (Å²) < 4.78 is 6.35. The number of aryl methyl sites for hydroxylation is 1. The third kappa shape index (κ3) is 2.62. The van der Waals surface area contributed by atoms with E-state index >= 15 is 0 Å². The van der Waals surface area contributed by atoms with Crippen molar-refractivity contribution in [1.82, 2.24) is 15.1 Å². The molecule has 0 saturated heterocycles. The van der Waals surface area contributed by atoms with Crippen LogP contribution in [0, 0.1) is 0 Å². The summed E-state index contributed by atoms with van der Waals surface area (Å²) in [4.78, 5) is 23.2. The fourth-order valence-electron chi connectivity index (χ4n) is 1.95. The first kappa shape index (κ1) is 14.0. The van der Waals surface area contributed by atoms with Gasteiger partial charge in [-0.05, 0) is 6.07 Å². The summed E-state index contributed by atoms with van der Waals surface area (Å²) in [7, 11) is 3.10. The lowest BCUT2D eigenvalue weighted by atomic mass is 10.2. The van der Waals surface area contributed by atoms with Gasteiger partial charge >= 0.3 is 5.97 Å². The summed E-state index contributed by atoms with van der Waals surface area (Å²) >= 11 is 0. The molecular weight excluding hydrogens is 262 g/mol. The molecule has 0 spiro atoms. The van der Waals surface area contributed by atoms with E-state index in [-0.39, 0.29) is 12.3 Å². The van der Waals surface area contributed by atoms with Gasteiger partial charge in [0.25, 0.3) is 5.91 Å². The van der Waals surface area contributed by atoms with Gasteiger partial charge < -0.3 is 15.2 Å². The van der Waals surface area contributed by atoms with E-state index in [1.807, 2.05) is 12.1 Å². The number of hydrogen-bond donors (Lipinski definition) is 2. The number of benzene rings is 1. The predicted octanol–water partition coefficient (Wildman–Crippen LogP) is 0.403. The molecule has 106 valence electrons. The third-order valence-corrected chi connectivity index (χ3v) is 2.91. The molecule has 1 amide bonds. The van der Waals surface area contributed by atoms with Crippen LogP contribution in [0.1, 0.15) is 10.5 Å². The van der Waals surface area contributed by atoms with Gasteiger partial charge in [0.15, 0.2) is 11.7 Å². The van der Waals surface area contributed by atoms with E-state index in [4.69, 9.17) is 9.84 Å². The van der Waals surface area contributed by atoms with Crippen molar-refractivity contribution >= 4 is 22.8 Å². The zero-order valence-electron chi connectivity index (χ0n) is 11.2. The van der Waals surface area contributed by atoms with Crippen LogP contribution in [0.4, 0.5) is 0 Å². The van der Waals surface area contributed by atoms with Crippen molar-refractivity contribution in [2.24, 2.45) is 7.05 Å². The highest BCUT2D eigenvalue weighted by atomic mass is 16.5. The molecule has 0 aliphatic carbocycles. The molecule has 2 N–H and O–H groups in total. The Morgan fingerprint density at radius 1 is 1.45 bits per heavy atom. The average Bonchev–Trinajstić information content (AvgIpc) is 2.76. The highest BCUT2D eigenvalue weighted by Crippen LogP contribution is 2.17. The number of nitrogens with one attached hydrogen (secondary N) is 1. The van der Waals surface area contributed by atoms with E-state index in [0.717, 1.165) is 5.52 Å². The van der Waals surface area contributed by atoms with Crippen molar-refractivity contribution in [3.63, 3.8) is 0 Å². The highest BCUT2D eigenvalue weighted by Gasteiger charge is 2.23. The molecule has 0 aliphatic heterocycles. The summed E-state index contributed by atoms with van der Waals surface area (Å²) in [5.41, 5.74) is 1.00. The first-order valence-electron chi connectivity index (χ1n) is 5.99. The molecule has 7 heteroatoms. The second-order valence-electron chi connectivity index (χ2n) is 4.31. The van der Waals surface area contributed by atoms with E-state index in [1.165, 1.54) is 7.11 Å². The number of hydrogen-bond acceptors (Lipinski definition) is 4. The number of carbonyl (C=O) groups excluding carboxylic acids is 1. The fraction of sp³-hybridized carbons (Fsp3) is 0.308. The number of fused-ring (bicyclic) bond motifs is 1. The first-order valence-corrected chi connectivity index (χ1v) is 5.99. The van der Waals surface area contributed by atoms with Crippen molar-refractivity contribution in [2.75, 3.05) is 13.7 Å². The number of carboxylic acid groups (broad SMARTS) is 1. The normalized spacial score (nSPS) is 12.3. The minimum absolute atomic E-state index is 0.105. The summed E-state index contributed by atoms with van der Waals surface area (Å²) in [5.74, 6) is -1.69. The van der Waals surface area contributed by atoms with Crippen LogP contribution < -0.4 is 5.32 Å². The van der Waals surface area contributed by atoms with E-state index in [9.17, 15) is 9.59 Å². The second kappa shape index (κ2) is 5.70. The Hall–Kier alpha value is -2.41. The number of carboxylic acids is 1. The molecule has 2 rings (SSSR count). The van der Waals surface area contributed by atoms with E-state index in [2.05, 4.69) is 10.4 Å². The van der Waals surface area contributed by atoms with E-state index in [0.29, 0.717) is 5.39 Å². The summed E-state index contributed by atoms with van der Waals surface area (Å²) in [6.07, 6.45) is 0. The quantitative estimate of drug-likeness (QED) is 0.825. The van der Waals surface area contributed by atoms with E-state index in [1.54, 1.807) is 23.9 Å². The van der Waals surface area contributed by atoms with Crippen molar-refractivity contribution < 1.29 is 19.4 Å². The third-order valence-electron chi connectivity index (χ3n) is 2.91. The number of methoxy groups -OCH3 is 1. The van der Waals surface area contributed by atoms with Crippen molar-refractivity contribution in [2.45, 2.75) is 6.04 Å². The van der Waals surface area contributed by atoms with Gasteiger partial charge in [-0.3, -0.25) is 9.48 Å². The largest absolute Gasteiger partial charge is 0.480 e. The second-order valence-corrected chi connectivity index (χ2v) is 4.31. The van der Waals surface area contributed by atoms with E-state index < -0.39 is 17.9 Å². The Labute approximate surface area is 115 Å². The molecule has 1 aromatic carbocycles. The first-order chi connectivity index (χ1) is 9.54. The predicted molar refractivity (Wildman–Crippen MR) is 71.5 cm³/mol. The molecule has 0 radical (unpaired) electrons. The Morgan fingerprint density at radius 3 is 2.80 bits per heavy atom. The zero-order chi connectivity index (χ0) is 14.7. The Kier molecular flexibility index (Phi) is 3.99. The molecule has 7 nitrogen and oxygen atoms in total. The smallest absolute Gasteiger partial charge is 0.328 e. The molecule has 2 aromatic rings. The molecule has 0 aliphatic rings. The van der Waals surface area contributed by atoms with Crippen LogP contribution >= 0.6 is 0 Å². The van der Waals surface area contributed by atoms with Crippen LogP contribution in [-0.4, -0.2) is 46.5 Å². The number of carbonyl (C=O) groups is 2. The van der Waals surface area contributed by atoms with Gasteiger partial charge in [0.05, 0.1) is 12.1 Å². The van der Waals surface area contributed by atoms with Gasteiger partial charge in [0.2, 0.25) is 0 Å². The van der Waals surface area contributed by atoms with Crippen LogP contribution in [0.5, 0.6) is 0 Å². The van der Waals surface area contributed by atoms with Crippen LogP contribution in [0.25, 0.3) is 10.9 Å². The maximum absolute atomic E-state index is 12.2. The monoisotopic (exact) mass is 277 g/mol. The molecule has 1 aromatic heterocycles. The highest BCUT2D eigenvalue weighted by molar-refractivity contribution is 6.05. The molecule has 1 unspecified atom stereocenters. The number of ether oxygens (including phenoxy) is 1. The maximum atomic E-state index is 12.2. The Balaban J connectivity index is 2.29. The standard InChI is InChI=1S/C13H15N3O4/c1-16-10-6-4-3-5-8(10)11(15-16)12(17)14-9(7-20-2)13(18)19/h3-6,9H,7H2,1-2H3,(H,14,17)(H,18,19).